The van der Waals surface area contributed by atoms with E-state index in [4.69, 9.17) is 10.5 Å². The minimum atomic E-state index is 0.440. The van der Waals surface area contributed by atoms with Crippen LogP contribution in [0.5, 0.6) is 5.75 Å². The second-order valence-corrected chi connectivity index (χ2v) is 3.31. The quantitative estimate of drug-likeness (QED) is 0.770. The maximum atomic E-state index is 5.74. The molecule has 0 unspecified atom stereocenters. The zero-order valence-corrected chi connectivity index (χ0v) is 8.55. The predicted molar refractivity (Wildman–Crippen MR) is 58.4 cm³/mol. The molecule has 4 nitrogen and oxygen atoms in total. The van der Waals surface area contributed by atoms with E-state index in [1.54, 1.807) is 4.68 Å². The molecular weight excluding hydrogens is 190 g/mol. The monoisotopic (exact) mass is 203 g/mol. The Morgan fingerprint density at radius 2 is 2.13 bits per heavy atom. The third kappa shape index (κ3) is 2.28. The summed E-state index contributed by atoms with van der Waals surface area (Å²) in [5.74, 6) is 0.697. The van der Waals surface area contributed by atoms with Gasteiger partial charge in [0, 0.05) is 13.2 Å². The molecule has 0 aliphatic heterocycles. The molecule has 2 rings (SSSR count). The van der Waals surface area contributed by atoms with Gasteiger partial charge in [-0.05, 0) is 18.2 Å². The first-order valence-corrected chi connectivity index (χ1v) is 4.71. The largest absolute Gasteiger partial charge is 0.485 e. The van der Waals surface area contributed by atoms with Gasteiger partial charge in [0.15, 0.2) is 0 Å². The number of para-hydroxylation sites is 2. The molecule has 0 amide bonds. The number of hydrogen-bond acceptors (Lipinski definition) is 3. The molecule has 0 spiro atoms. The summed E-state index contributed by atoms with van der Waals surface area (Å²) < 4.78 is 7.28. The number of nitrogen functional groups attached to an aromatic ring is 1. The smallest absolute Gasteiger partial charge is 0.142 e. The summed E-state index contributed by atoms with van der Waals surface area (Å²) in [7, 11) is 1.88. The standard InChI is InChI=1S/C11H13N3O/c1-14-7-6-9(13-14)8-15-11-5-3-2-4-10(11)12/h2-7H,8,12H2,1H3. The number of nitrogens with two attached hydrogens (primary N) is 1. The lowest BCUT2D eigenvalue weighted by Gasteiger charge is -2.06. The summed E-state index contributed by atoms with van der Waals surface area (Å²) in [6.45, 7) is 0.440. The fourth-order valence-corrected chi connectivity index (χ4v) is 1.30. The molecule has 0 radical (unpaired) electrons. The number of hydrogen-bond donors (Lipinski definition) is 1. The first-order chi connectivity index (χ1) is 7.25. The van der Waals surface area contributed by atoms with Gasteiger partial charge < -0.3 is 10.5 Å². The average Bonchev–Trinajstić information content (AvgIpc) is 2.63. The Bertz CT molecular complexity index is 451. The van der Waals surface area contributed by atoms with Gasteiger partial charge in [0.25, 0.3) is 0 Å². The van der Waals surface area contributed by atoms with Crippen LogP contribution in [0.2, 0.25) is 0 Å². The van der Waals surface area contributed by atoms with Crippen molar-refractivity contribution in [3.05, 3.63) is 42.2 Å². The topological polar surface area (TPSA) is 53.1 Å². The van der Waals surface area contributed by atoms with E-state index in [1.807, 2.05) is 43.6 Å². The number of rotatable bonds is 3. The maximum Gasteiger partial charge on any atom is 0.142 e. The SMILES string of the molecule is Cn1ccc(COc2ccccc2N)n1. The molecule has 4 heteroatoms. The van der Waals surface area contributed by atoms with Crippen molar-refractivity contribution in [2.45, 2.75) is 6.61 Å². The van der Waals surface area contributed by atoms with Crippen LogP contribution in [-0.4, -0.2) is 9.78 Å². The number of aryl methyl sites for hydroxylation is 1. The highest BCUT2D eigenvalue weighted by Gasteiger charge is 2.01. The third-order valence-corrected chi connectivity index (χ3v) is 2.06. The van der Waals surface area contributed by atoms with E-state index < -0.39 is 0 Å². The second kappa shape index (κ2) is 4.04. The molecule has 0 saturated heterocycles. The van der Waals surface area contributed by atoms with Gasteiger partial charge in [-0.25, -0.2) is 0 Å². The van der Waals surface area contributed by atoms with Crippen molar-refractivity contribution in [3.8, 4) is 5.75 Å². The second-order valence-electron chi connectivity index (χ2n) is 3.31. The number of benzene rings is 1. The van der Waals surface area contributed by atoms with Gasteiger partial charge in [-0.2, -0.15) is 5.10 Å². The average molecular weight is 203 g/mol. The molecule has 78 valence electrons. The lowest BCUT2D eigenvalue weighted by molar-refractivity contribution is 0.301. The minimum Gasteiger partial charge on any atom is -0.485 e. The van der Waals surface area contributed by atoms with E-state index in [0.29, 0.717) is 18.0 Å². The first-order valence-electron chi connectivity index (χ1n) is 4.71. The minimum absolute atomic E-state index is 0.440. The summed E-state index contributed by atoms with van der Waals surface area (Å²) >= 11 is 0. The zero-order chi connectivity index (χ0) is 10.7. The van der Waals surface area contributed by atoms with Gasteiger partial charge in [0.05, 0.1) is 11.4 Å². The van der Waals surface area contributed by atoms with Crippen LogP contribution in [0.4, 0.5) is 5.69 Å². The normalized spacial score (nSPS) is 10.2. The van der Waals surface area contributed by atoms with Crippen LogP contribution in [0, 0.1) is 0 Å². The van der Waals surface area contributed by atoms with Gasteiger partial charge in [-0.1, -0.05) is 12.1 Å². The van der Waals surface area contributed by atoms with Crippen LogP contribution in [0.15, 0.2) is 36.5 Å². The fraction of sp³-hybridized carbons (Fsp3) is 0.182. The highest BCUT2D eigenvalue weighted by Crippen LogP contribution is 2.20. The molecule has 2 N–H and O–H groups in total. The Labute approximate surface area is 88.3 Å². The first kappa shape index (κ1) is 9.58. The van der Waals surface area contributed by atoms with Crippen molar-refractivity contribution in [1.29, 1.82) is 0 Å². The van der Waals surface area contributed by atoms with E-state index >= 15 is 0 Å². The van der Waals surface area contributed by atoms with E-state index in [2.05, 4.69) is 5.10 Å². The van der Waals surface area contributed by atoms with Crippen LogP contribution in [-0.2, 0) is 13.7 Å². The Morgan fingerprint density at radius 3 is 2.80 bits per heavy atom. The third-order valence-electron chi connectivity index (χ3n) is 2.06. The summed E-state index contributed by atoms with van der Waals surface area (Å²) in [6, 6.07) is 9.35. The molecule has 0 atom stereocenters. The maximum absolute atomic E-state index is 5.74. The number of aromatic nitrogens is 2. The molecule has 1 aromatic carbocycles. The molecule has 0 saturated carbocycles. The predicted octanol–water partition coefficient (Wildman–Crippen LogP) is 1.58. The lowest BCUT2D eigenvalue weighted by atomic mass is 10.3. The molecule has 0 aliphatic rings. The lowest BCUT2D eigenvalue weighted by Crippen LogP contribution is -2.00. The Hall–Kier alpha value is -1.97. The molecule has 2 aromatic rings. The van der Waals surface area contributed by atoms with Crippen molar-refractivity contribution in [2.24, 2.45) is 7.05 Å². The van der Waals surface area contributed by atoms with Crippen molar-refractivity contribution in [1.82, 2.24) is 9.78 Å². The number of ether oxygens (including phenoxy) is 1. The van der Waals surface area contributed by atoms with E-state index in [0.717, 1.165) is 5.69 Å². The summed E-state index contributed by atoms with van der Waals surface area (Å²) in [5, 5.41) is 4.21. The number of nitrogens with zero attached hydrogens (tertiary/aromatic N) is 2. The Morgan fingerprint density at radius 1 is 1.33 bits per heavy atom. The van der Waals surface area contributed by atoms with Crippen LogP contribution < -0.4 is 10.5 Å². The van der Waals surface area contributed by atoms with Crippen LogP contribution in [0.1, 0.15) is 5.69 Å². The summed E-state index contributed by atoms with van der Waals surface area (Å²) in [5.41, 5.74) is 7.28. The summed E-state index contributed by atoms with van der Waals surface area (Å²) in [6.07, 6.45) is 1.88. The molecule has 1 heterocycles. The Balaban J connectivity index is 2.02. The molecule has 0 bridgehead atoms. The van der Waals surface area contributed by atoms with Crippen LogP contribution in [0.25, 0.3) is 0 Å². The van der Waals surface area contributed by atoms with E-state index in [1.165, 1.54) is 0 Å². The van der Waals surface area contributed by atoms with Crippen LogP contribution >= 0.6 is 0 Å². The number of anilines is 1. The zero-order valence-electron chi connectivity index (χ0n) is 8.55. The molecule has 0 fully saturated rings. The van der Waals surface area contributed by atoms with E-state index in [9.17, 15) is 0 Å². The van der Waals surface area contributed by atoms with Gasteiger partial charge in [-0.15, -0.1) is 0 Å². The van der Waals surface area contributed by atoms with Crippen molar-refractivity contribution < 1.29 is 4.74 Å². The molecular formula is C11H13N3O. The van der Waals surface area contributed by atoms with E-state index in [-0.39, 0.29) is 0 Å². The highest BCUT2D eigenvalue weighted by atomic mass is 16.5. The Kier molecular flexibility index (Phi) is 2.58. The fourth-order valence-electron chi connectivity index (χ4n) is 1.30. The van der Waals surface area contributed by atoms with Gasteiger partial charge in [-0.3, -0.25) is 4.68 Å². The molecule has 0 aliphatic carbocycles. The van der Waals surface area contributed by atoms with Crippen molar-refractivity contribution in [3.63, 3.8) is 0 Å². The van der Waals surface area contributed by atoms with Gasteiger partial charge in [0.1, 0.15) is 12.4 Å². The van der Waals surface area contributed by atoms with Gasteiger partial charge in [0.2, 0.25) is 0 Å². The van der Waals surface area contributed by atoms with Crippen LogP contribution in [0.3, 0.4) is 0 Å². The molecule has 15 heavy (non-hydrogen) atoms. The van der Waals surface area contributed by atoms with Crippen molar-refractivity contribution in [2.75, 3.05) is 5.73 Å². The summed E-state index contributed by atoms with van der Waals surface area (Å²) in [4.78, 5) is 0. The molecule has 1 aromatic heterocycles. The highest BCUT2D eigenvalue weighted by molar-refractivity contribution is 5.51. The van der Waals surface area contributed by atoms with Gasteiger partial charge >= 0.3 is 0 Å². The van der Waals surface area contributed by atoms with Crippen molar-refractivity contribution >= 4 is 5.69 Å².